The monoisotopic (exact) mass is 240 g/mol. The van der Waals surface area contributed by atoms with Crippen molar-refractivity contribution in [3.05, 3.63) is 0 Å². The second kappa shape index (κ2) is 7.38. The lowest BCUT2D eigenvalue weighted by Gasteiger charge is -2.43. The number of piperidine rings is 1. The fourth-order valence-corrected chi connectivity index (χ4v) is 3.32. The number of hydrogen-bond donors (Lipinski definition) is 1. The molecule has 0 aromatic rings. The SMILES string of the molecule is CCC1CCCCN1CC(CC)(CC)CNC. The minimum absolute atomic E-state index is 0.486. The van der Waals surface area contributed by atoms with E-state index in [1.54, 1.807) is 0 Å². The van der Waals surface area contributed by atoms with Crippen LogP contribution < -0.4 is 5.32 Å². The lowest BCUT2D eigenvalue weighted by molar-refractivity contribution is 0.0721. The Labute approximate surface area is 108 Å². The molecule has 0 saturated carbocycles. The van der Waals surface area contributed by atoms with Crippen molar-refractivity contribution in [2.75, 3.05) is 26.7 Å². The van der Waals surface area contributed by atoms with Gasteiger partial charge in [0.2, 0.25) is 0 Å². The molecule has 0 spiro atoms. The summed E-state index contributed by atoms with van der Waals surface area (Å²) in [7, 11) is 2.09. The van der Waals surface area contributed by atoms with Gasteiger partial charge >= 0.3 is 0 Å². The molecule has 0 amide bonds. The van der Waals surface area contributed by atoms with Crippen LogP contribution >= 0.6 is 0 Å². The summed E-state index contributed by atoms with van der Waals surface area (Å²) in [5.41, 5.74) is 0.486. The summed E-state index contributed by atoms with van der Waals surface area (Å²) in [5.74, 6) is 0. The molecular formula is C15H32N2. The molecular weight excluding hydrogens is 208 g/mol. The van der Waals surface area contributed by atoms with E-state index in [9.17, 15) is 0 Å². The Morgan fingerprint density at radius 3 is 2.41 bits per heavy atom. The summed E-state index contributed by atoms with van der Waals surface area (Å²) in [4.78, 5) is 2.77. The smallest absolute Gasteiger partial charge is 0.00928 e. The van der Waals surface area contributed by atoms with E-state index in [1.165, 1.54) is 51.6 Å². The number of rotatable bonds is 7. The van der Waals surface area contributed by atoms with Gasteiger partial charge in [0.25, 0.3) is 0 Å². The van der Waals surface area contributed by atoms with Crippen LogP contribution in [0.1, 0.15) is 59.3 Å². The molecule has 102 valence electrons. The second-order valence-electron chi connectivity index (χ2n) is 5.77. The average molecular weight is 240 g/mol. The molecule has 0 aliphatic carbocycles. The van der Waals surface area contributed by atoms with Crippen LogP contribution in [0.4, 0.5) is 0 Å². The molecule has 0 bridgehead atoms. The lowest BCUT2D eigenvalue weighted by Crippen LogP contribution is -2.48. The van der Waals surface area contributed by atoms with Gasteiger partial charge in [0, 0.05) is 19.1 Å². The highest BCUT2D eigenvalue weighted by atomic mass is 15.2. The van der Waals surface area contributed by atoms with E-state index in [4.69, 9.17) is 0 Å². The standard InChI is InChI=1S/C15H32N2/c1-5-14-10-8-9-11-17(14)13-15(6-2,7-3)12-16-4/h14,16H,5-13H2,1-4H3. The Balaban J connectivity index is 2.63. The van der Waals surface area contributed by atoms with E-state index in [2.05, 4.69) is 38.0 Å². The van der Waals surface area contributed by atoms with Crippen molar-refractivity contribution in [2.24, 2.45) is 5.41 Å². The van der Waals surface area contributed by atoms with Gasteiger partial charge in [-0.25, -0.2) is 0 Å². The Kier molecular flexibility index (Phi) is 6.50. The van der Waals surface area contributed by atoms with Crippen LogP contribution in [0.25, 0.3) is 0 Å². The van der Waals surface area contributed by atoms with Crippen LogP contribution in [0.5, 0.6) is 0 Å². The molecule has 1 fully saturated rings. The first-order valence-corrected chi connectivity index (χ1v) is 7.60. The molecule has 0 aromatic carbocycles. The minimum Gasteiger partial charge on any atom is -0.319 e. The first-order chi connectivity index (χ1) is 8.21. The predicted octanol–water partition coefficient (Wildman–Crippen LogP) is 3.28. The zero-order chi connectivity index (χ0) is 12.7. The van der Waals surface area contributed by atoms with Gasteiger partial charge in [-0.2, -0.15) is 0 Å². The van der Waals surface area contributed by atoms with E-state index in [1.807, 2.05) is 0 Å². The molecule has 17 heavy (non-hydrogen) atoms. The zero-order valence-electron chi connectivity index (χ0n) is 12.4. The summed E-state index contributed by atoms with van der Waals surface area (Å²) < 4.78 is 0. The number of nitrogens with zero attached hydrogens (tertiary/aromatic N) is 1. The maximum absolute atomic E-state index is 3.41. The molecule has 1 heterocycles. The normalized spacial score (nSPS) is 22.9. The minimum atomic E-state index is 0.486. The number of nitrogens with one attached hydrogen (secondary N) is 1. The zero-order valence-corrected chi connectivity index (χ0v) is 12.4. The fraction of sp³-hybridized carbons (Fsp3) is 1.00. The molecule has 1 atom stereocenters. The Bertz CT molecular complexity index is 199. The van der Waals surface area contributed by atoms with Gasteiger partial charge in [0.15, 0.2) is 0 Å². The lowest BCUT2D eigenvalue weighted by atomic mass is 9.80. The van der Waals surface area contributed by atoms with Crippen LogP contribution in [-0.2, 0) is 0 Å². The van der Waals surface area contributed by atoms with Gasteiger partial charge in [-0.15, -0.1) is 0 Å². The quantitative estimate of drug-likeness (QED) is 0.735. The predicted molar refractivity (Wildman–Crippen MR) is 76.4 cm³/mol. The van der Waals surface area contributed by atoms with Crippen LogP contribution in [-0.4, -0.2) is 37.6 Å². The van der Waals surface area contributed by atoms with Crippen molar-refractivity contribution in [1.29, 1.82) is 0 Å². The molecule has 1 aliphatic heterocycles. The number of hydrogen-bond acceptors (Lipinski definition) is 2. The Morgan fingerprint density at radius 2 is 1.88 bits per heavy atom. The Morgan fingerprint density at radius 1 is 1.18 bits per heavy atom. The topological polar surface area (TPSA) is 15.3 Å². The van der Waals surface area contributed by atoms with Crippen LogP contribution in [0, 0.1) is 5.41 Å². The maximum Gasteiger partial charge on any atom is 0.00928 e. The van der Waals surface area contributed by atoms with E-state index < -0.39 is 0 Å². The van der Waals surface area contributed by atoms with Crippen molar-refractivity contribution < 1.29 is 0 Å². The van der Waals surface area contributed by atoms with E-state index in [-0.39, 0.29) is 0 Å². The Hall–Kier alpha value is -0.0800. The molecule has 1 saturated heterocycles. The average Bonchev–Trinajstić information content (AvgIpc) is 2.38. The molecule has 2 heteroatoms. The highest BCUT2D eigenvalue weighted by molar-refractivity contribution is 4.86. The molecule has 1 aliphatic rings. The summed E-state index contributed by atoms with van der Waals surface area (Å²) in [5, 5.41) is 3.41. The van der Waals surface area contributed by atoms with E-state index in [0.717, 1.165) is 12.6 Å². The van der Waals surface area contributed by atoms with Crippen molar-refractivity contribution in [1.82, 2.24) is 10.2 Å². The third kappa shape index (κ3) is 3.96. The third-order valence-electron chi connectivity index (χ3n) is 4.81. The molecule has 0 aromatic heterocycles. The highest BCUT2D eigenvalue weighted by Gasteiger charge is 2.31. The van der Waals surface area contributed by atoms with E-state index >= 15 is 0 Å². The van der Waals surface area contributed by atoms with Crippen LogP contribution in [0.2, 0.25) is 0 Å². The van der Waals surface area contributed by atoms with Gasteiger partial charge < -0.3 is 5.32 Å². The summed E-state index contributed by atoms with van der Waals surface area (Å²) in [6.07, 6.45) is 8.16. The first-order valence-electron chi connectivity index (χ1n) is 7.60. The maximum atomic E-state index is 3.41. The summed E-state index contributed by atoms with van der Waals surface area (Å²) in [6, 6.07) is 0.845. The first kappa shape index (κ1) is 15.0. The molecule has 1 unspecified atom stereocenters. The highest BCUT2D eigenvalue weighted by Crippen LogP contribution is 2.30. The largest absolute Gasteiger partial charge is 0.319 e. The molecule has 2 nitrogen and oxygen atoms in total. The second-order valence-corrected chi connectivity index (χ2v) is 5.77. The summed E-state index contributed by atoms with van der Waals surface area (Å²) in [6.45, 7) is 10.8. The van der Waals surface area contributed by atoms with Gasteiger partial charge in [-0.3, -0.25) is 4.90 Å². The molecule has 1 N–H and O–H groups in total. The van der Waals surface area contributed by atoms with Crippen molar-refractivity contribution >= 4 is 0 Å². The summed E-state index contributed by atoms with van der Waals surface area (Å²) >= 11 is 0. The van der Waals surface area contributed by atoms with Gasteiger partial charge in [0.1, 0.15) is 0 Å². The van der Waals surface area contributed by atoms with Gasteiger partial charge in [0.05, 0.1) is 0 Å². The third-order valence-corrected chi connectivity index (χ3v) is 4.81. The number of likely N-dealkylation sites (tertiary alicyclic amines) is 1. The van der Waals surface area contributed by atoms with Crippen molar-refractivity contribution in [3.63, 3.8) is 0 Å². The van der Waals surface area contributed by atoms with Crippen molar-refractivity contribution in [3.8, 4) is 0 Å². The van der Waals surface area contributed by atoms with Crippen molar-refractivity contribution in [2.45, 2.75) is 65.3 Å². The fourth-order valence-electron chi connectivity index (χ4n) is 3.32. The van der Waals surface area contributed by atoms with Crippen LogP contribution in [0.3, 0.4) is 0 Å². The van der Waals surface area contributed by atoms with Gasteiger partial charge in [-0.1, -0.05) is 27.2 Å². The van der Waals surface area contributed by atoms with E-state index in [0.29, 0.717) is 5.41 Å². The van der Waals surface area contributed by atoms with Gasteiger partial charge in [-0.05, 0) is 51.1 Å². The molecule has 1 rings (SSSR count). The molecule has 0 radical (unpaired) electrons. The van der Waals surface area contributed by atoms with Crippen LogP contribution in [0.15, 0.2) is 0 Å².